The Bertz CT molecular complexity index is 1470. The number of H-pyrrole nitrogens is 1. The normalized spacial score (nSPS) is 16.7. The summed E-state index contributed by atoms with van der Waals surface area (Å²) < 4.78 is 7.56. The molecular weight excluding hydrogens is 414 g/mol. The Balaban J connectivity index is 1.60. The Hall–Kier alpha value is -3.78. The van der Waals surface area contributed by atoms with E-state index in [-0.39, 0.29) is 6.04 Å². The van der Waals surface area contributed by atoms with E-state index in [2.05, 4.69) is 47.0 Å². The second kappa shape index (κ2) is 7.67. The summed E-state index contributed by atoms with van der Waals surface area (Å²) in [4.78, 5) is 20.7. The Morgan fingerprint density at radius 1 is 1.09 bits per heavy atom. The van der Waals surface area contributed by atoms with Gasteiger partial charge in [-0.2, -0.15) is 5.10 Å². The molecule has 1 aromatic carbocycles. The molecule has 1 fully saturated rings. The van der Waals surface area contributed by atoms with Crippen molar-refractivity contribution in [3.63, 3.8) is 0 Å². The molecule has 0 spiro atoms. The molecule has 33 heavy (non-hydrogen) atoms. The standard InChI is InChI=1S/C25H25N7O/c1-15-13-27-31(3)23(15)21-8-7-20-22(28-21)25(32-11-12-33-14-16(32)2)30-24(29-20)18-5-4-6-19-17(18)9-10-26-19/h4-10,13,16,26H,11-12,14H2,1-3H3/t16-/m1/s1. The van der Waals surface area contributed by atoms with Crippen molar-refractivity contribution in [1.82, 2.24) is 29.7 Å². The highest BCUT2D eigenvalue weighted by molar-refractivity contribution is 5.96. The summed E-state index contributed by atoms with van der Waals surface area (Å²) in [5.41, 5.74) is 6.64. The lowest BCUT2D eigenvalue weighted by Gasteiger charge is -2.34. The number of pyridine rings is 1. The summed E-state index contributed by atoms with van der Waals surface area (Å²) in [7, 11) is 1.94. The molecular formula is C25H25N7O. The fourth-order valence-electron chi connectivity index (χ4n) is 4.69. The van der Waals surface area contributed by atoms with Crippen LogP contribution in [0.25, 0.3) is 44.7 Å². The van der Waals surface area contributed by atoms with Gasteiger partial charge < -0.3 is 14.6 Å². The molecule has 8 heteroatoms. The van der Waals surface area contributed by atoms with Crippen LogP contribution < -0.4 is 4.90 Å². The average Bonchev–Trinajstić information content (AvgIpc) is 3.44. The first kappa shape index (κ1) is 19.9. The average molecular weight is 440 g/mol. The number of hydrogen-bond donors (Lipinski definition) is 1. The first-order valence-corrected chi connectivity index (χ1v) is 11.2. The summed E-state index contributed by atoms with van der Waals surface area (Å²) >= 11 is 0. The number of rotatable bonds is 3. The van der Waals surface area contributed by atoms with Crippen LogP contribution in [0.1, 0.15) is 12.5 Å². The second-order valence-corrected chi connectivity index (χ2v) is 8.60. The van der Waals surface area contributed by atoms with E-state index in [0.29, 0.717) is 19.0 Å². The van der Waals surface area contributed by atoms with E-state index in [9.17, 15) is 0 Å². The lowest BCUT2D eigenvalue weighted by atomic mass is 10.1. The van der Waals surface area contributed by atoms with Gasteiger partial charge in [0.05, 0.1) is 42.4 Å². The van der Waals surface area contributed by atoms with Gasteiger partial charge in [-0.15, -0.1) is 0 Å². The number of nitrogens with one attached hydrogen (secondary N) is 1. The molecule has 8 nitrogen and oxygen atoms in total. The number of anilines is 1. The van der Waals surface area contributed by atoms with Gasteiger partial charge >= 0.3 is 0 Å². The molecule has 6 rings (SSSR count). The van der Waals surface area contributed by atoms with Gasteiger partial charge in [-0.25, -0.2) is 15.0 Å². The second-order valence-electron chi connectivity index (χ2n) is 8.60. The highest BCUT2D eigenvalue weighted by Gasteiger charge is 2.25. The Morgan fingerprint density at radius 3 is 2.82 bits per heavy atom. The van der Waals surface area contributed by atoms with Gasteiger partial charge in [-0.3, -0.25) is 4.68 Å². The van der Waals surface area contributed by atoms with Crippen molar-refractivity contribution in [1.29, 1.82) is 0 Å². The van der Waals surface area contributed by atoms with Crippen LogP contribution in [0.4, 0.5) is 5.82 Å². The van der Waals surface area contributed by atoms with Crippen LogP contribution in [0, 0.1) is 6.92 Å². The third-order valence-corrected chi connectivity index (χ3v) is 6.36. The highest BCUT2D eigenvalue weighted by atomic mass is 16.5. The summed E-state index contributed by atoms with van der Waals surface area (Å²) in [5.74, 6) is 1.55. The number of fused-ring (bicyclic) bond motifs is 2. The Labute approximate surface area is 191 Å². The zero-order chi connectivity index (χ0) is 22.5. The number of ether oxygens (including phenoxy) is 1. The molecule has 0 unspecified atom stereocenters. The smallest absolute Gasteiger partial charge is 0.162 e. The third kappa shape index (κ3) is 3.25. The summed E-state index contributed by atoms with van der Waals surface area (Å²) in [6, 6.07) is 12.5. The first-order chi connectivity index (χ1) is 16.1. The number of nitrogens with zero attached hydrogens (tertiary/aromatic N) is 6. The van der Waals surface area contributed by atoms with Gasteiger partial charge in [0.25, 0.3) is 0 Å². The molecule has 0 amide bonds. The van der Waals surface area contributed by atoms with Crippen molar-refractivity contribution in [2.75, 3.05) is 24.7 Å². The molecule has 5 aromatic rings. The number of hydrogen-bond acceptors (Lipinski definition) is 6. The lowest BCUT2D eigenvalue weighted by Crippen LogP contribution is -2.44. The number of morpholine rings is 1. The van der Waals surface area contributed by atoms with Gasteiger partial charge in [0, 0.05) is 36.3 Å². The molecule has 0 aliphatic carbocycles. The fourth-order valence-corrected chi connectivity index (χ4v) is 4.69. The van der Waals surface area contributed by atoms with E-state index < -0.39 is 0 Å². The minimum Gasteiger partial charge on any atom is -0.377 e. The van der Waals surface area contributed by atoms with Crippen LogP contribution in [-0.2, 0) is 11.8 Å². The SMILES string of the molecule is Cc1cnn(C)c1-c1ccc2nc(-c3cccc4[nH]ccc34)nc(N3CCOC[C@H]3C)c2n1. The summed E-state index contributed by atoms with van der Waals surface area (Å²) in [6.07, 6.45) is 3.81. The molecule has 1 aliphatic rings. The van der Waals surface area contributed by atoms with Crippen molar-refractivity contribution in [2.24, 2.45) is 7.05 Å². The largest absolute Gasteiger partial charge is 0.377 e. The van der Waals surface area contributed by atoms with E-state index in [4.69, 9.17) is 19.7 Å². The van der Waals surface area contributed by atoms with E-state index in [0.717, 1.165) is 56.8 Å². The van der Waals surface area contributed by atoms with E-state index in [1.54, 1.807) is 0 Å². The van der Waals surface area contributed by atoms with E-state index in [1.165, 1.54) is 0 Å². The molecule has 166 valence electrons. The monoisotopic (exact) mass is 439 g/mol. The van der Waals surface area contributed by atoms with Crippen molar-refractivity contribution in [3.8, 4) is 22.8 Å². The van der Waals surface area contributed by atoms with Crippen molar-refractivity contribution in [3.05, 3.63) is 54.4 Å². The predicted octanol–water partition coefficient (Wildman–Crippen LogP) is 4.11. The maximum absolute atomic E-state index is 5.70. The van der Waals surface area contributed by atoms with Gasteiger partial charge in [-0.05, 0) is 43.7 Å². The predicted molar refractivity (Wildman–Crippen MR) is 129 cm³/mol. The molecule has 1 N–H and O–H groups in total. The molecule has 4 aromatic heterocycles. The molecule has 1 saturated heterocycles. The van der Waals surface area contributed by atoms with Crippen LogP contribution in [-0.4, -0.2) is 55.5 Å². The van der Waals surface area contributed by atoms with Gasteiger partial charge in [0.15, 0.2) is 11.6 Å². The van der Waals surface area contributed by atoms with Gasteiger partial charge in [-0.1, -0.05) is 12.1 Å². The van der Waals surface area contributed by atoms with Crippen LogP contribution in [0.5, 0.6) is 0 Å². The van der Waals surface area contributed by atoms with Crippen LogP contribution in [0.3, 0.4) is 0 Å². The molecule has 0 radical (unpaired) electrons. The quantitative estimate of drug-likeness (QED) is 0.455. The maximum atomic E-state index is 5.70. The fraction of sp³-hybridized carbons (Fsp3) is 0.280. The molecule has 0 bridgehead atoms. The van der Waals surface area contributed by atoms with Crippen LogP contribution in [0.2, 0.25) is 0 Å². The summed E-state index contributed by atoms with van der Waals surface area (Å²) in [5, 5.41) is 5.49. The molecule has 1 atom stereocenters. The third-order valence-electron chi connectivity index (χ3n) is 6.36. The molecule has 1 aliphatic heterocycles. The Kier molecular flexibility index (Phi) is 4.62. The maximum Gasteiger partial charge on any atom is 0.162 e. The number of aromatic amines is 1. The van der Waals surface area contributed by atoms with Crippen LogP contribution >= 0.6 is 0 Å². The molecule has 5 heterocycles. The van der Waals surface area contributed by atoms with E-state index in [1.807, 2.05) is 42.3 Å². The number of aryl methyl sites for hydroxylation is 2. The van der Waals surface area contributed by atoms with E-state index >= 15 is 0 Å². The van der Waals surface area contributed by atoms with Crippen molar-refractivity contribution < 1.29 is 4.74 Å². The zero-order valence-corrected chi connectivity index (χ0v) is 18.9. The Morgan fingerprint density at radius 2 is 2.00 bits per heavy atom. The summed E-state index contributed by atoms with van der Waals surface area (Å²) in [6.45, 7) is 6.30. The van der Waals surface area contributed by atoms with Gasteiger partial charge in [0.1, 0.15) is 5.52 Å². The molecule has 0 saturated carbocycles. The first-order valence-electron chi connectivity index (χ1n) is 11.2. The highest BCUT2D eigenvalue weighted by Crippen LogP contribution is 2.33. The van der Waals surface area contributed by atoms with Gasteiger partial charge in [0.2, 0.25) is 0 Å². The zero-order valence-electron chi connectivity index (χ0n) is 18.9. The number of aromatic nitrogens is 6. The minimum absolute atomic E-state index is 0.191. The van der Waals surface area contributed by atoms with Crippen molar-refractivity contribution >= 4 is 27.8 Å². The lowest BCUT2D eigenvalue weighted by molar-refractivity contribution is 0.0987. The topological polar surface area (TPSA) is 84.8 Å². The minimum atomic E-state index is 0.191. The van der Waals surface area contributed by atoms with Crippen molar-refractivity contribution in [2.45, 2.75) is 19.9 Å². The number of benzene rings is 1. The van der Waals surface area contributed by atoms with Crippen LogP contribution in [0.15, 0.2) is 48.8 Å².